The van der Waals surface area contributed by atoms with Crippen molar-refractivity contribution in [2.45, 2.75) is 26.9 Å². The van der Waals surface area contributed by atoms with Crippen LogP contribution in [0.15, 0.2) is 36.4 Å². The van der Waals surface area contributed by atoms with Gasteiger partial charge in [0.1, 0.15) is 11.3 Å². The second kappa shape index (κ2) is 10.1. The van der Waals surface area contributed by atoms with Crippen molar-refractivity contribution in [3.63, 3.8) is 0 Å². The number of nitrogens with one attached hydrogen (secondary N) is 2. The molecule has 2 rings (SSSR count). The molecule has 0 saturated heterocycles. The molecule has 0 radical (unpaired) electrons. The molecule has 2 N–H and O–H groups in total. The number of nitro groups is 1. The summed E-state index contributed by atoms with van der Waals surface area (Å²) in [5, 5.41) is 11.4. The minimum absolute atomic E-state index is 0.00849. The third-order valence-corrected chi connectivity index (χ3v) is 3.80. The summed E-state index contributed by atoms with van der Waals surface area (Å²) in [6, 6.07) is 8.60. The monoisotopic (exact) mass is 417 g/mol. The van der Waals surface area contributed by atoms with Gasteiger partial charge in [0.05, 0.1) is 30.8 Å². The van der Waals surface area contributed by atoms with Crippen molar-refractivity contribution in [2.75, 3.05) is 13.7 Å². The number of hydrazine groups is 1. The van der Waals surface area contributed by atoms with Crippen LogP contribution in [0, 0.1) is 10.1 Å². The molecule has 0 spiro atoms. The van der Waals surface area contributed by atoms with Gasteiger partial charge in [0, 0.05) is 11.6 Å². The first kappa shape index (κ1) is 22.5. The fourth-order valence-corrected chi connectivity index (χ4v) is 2.52. The first-order valence-corrected chi connectivity index (χ1v) is 9.13. The summed E-state index contributed by atoms with van der Waals surface area (Å²) < 4.78 is 15.9. The molecule has 0 bridgehead atoms. The number of rotatable bonds is 8. The Bertz CT molecular complexity index is 927. The van der Waals surface area contributed by atoms with Gasteiger partial charge in [-0.25, -0.2) is 0 Å². The molecule has 0 aromatic heterocycles. The van der Waals surface area contributed by atoms with Crippen LogP contribution in [0.25, 0.3) is 0 Å². The maximum atomic E-state index is 12.5. The van der Waals surface area contributed by atoms with E-state index in [9.17, 15) is 19.7 Å². The molecule has 30 heavy (non-hydrogen) atoms. The van der Waals surface area contributed by atoms with E-state index in [1.54, 1.807) is 19.1 Å². The number of carbonyl (C=O) groups is 2. The number of hydrogen-bond donors (Lipinski definition) is 2. The van der Waals surface area contributed by atoms with Crippen LogP contribution >= 0.6 is 0 Å². The molecule has 160 valence electrons. The summed E-state index contributed by atoms with van der Waals surface area (Å²) in [5.41, 5.74) is 3.90. The van der Waals surface area contributed by atoms with Crippen molar-refractivity contribution in [3.05, 3.63) is 57.6 Å². The van der Waals surface area contributed by atoms with Gasteiger partial charge < -0.3 is 14.2 Å². The predicted molar refractivity (Wildman–Crippen MR) is 108 cm³/mol. The zero-order valence-corrected chi connectivity index (χ0v) is 17.1. The van der Waals surface area contributed by atoms with Gasteiger partial charge in [-0.05, 0) is 45.0 Å². The fourth-order valence-electron chi connectivity index (χ4n) is 2.52. The third kappa shape index (κ3) is 5.60. The van der Waals surface area contributed by atoms with E-state index in [1.165, 1.54) is 25.3 Å². The molecular formula is C20H23N3O7. The summed E-state index contributed by atoms with van der Waals surface area (Å²) in [5.74, 6) is -0.586. The number of methoxy groups -OCH3 is 1. The van der Waals surface area contributed by atoms with Gasteiger partial charge in [0.15, 0.2) is 11.5 Å². The minimum Gasteiger partial charge on any atom is -0.493 e. The van der Waals surface area contributed by atoms with Crippen LogP contribution in [0.1, 0.15) is 41.5 Å². The number of nitrogens with zero attached hydrogens (tertiary/aromatic N) is 1. The van der Waals surface area contributed by atoms with Gasteiger partial charge in [0.25, 0.3) is 17.5 Å². The standard InChI is InChI=1S/C20H23N3O7/c1-5-29-18-10-15(16(23(26)27)11-17(18)28-4)20(25)22-21-19(24)13-6-8-14(9-7-13)30-12(2)3/h6-12H,5H2,1-4H3,(H,21,24)(H,22,25). The molecule has 2 aromatic carbocycles. The lowest BCUT2D eigenvalue weighted by Gasteiger charge is -2.13. The number of nitro benzene ring substituents is 1. The van der Waals surface area contributed by atoms with Crippen LogP contribution in [-0.2, 0) is 0 Å². The average Bonchev–Trinajstić information content (AvgIpc) is 2.71. The van der Waals surface area contributed by atoms with E-state index in [1.807, 2.05) is 13.8 Å². The summed E-state index contributed by atoms with van der Waals surface area (Å²) in [6.07, 6.45) is -0.00849. The van der Waals surface area contributed by atoms with Crippen molar-refractivity contribution in [1.82, 2.24) is 10.9 Å². The second-order valence-corrected chi connectivity index (χ2v) is 6.31. The molecule has 0 atom stereocenters. The van der Waals surface area contributed by atoms with E-state index in [0.717, 1.165) is 6.07 Å². The molecule has 0 aliphatic carbocycles. The normalized spacial score (nSPS) is 10.3. The Morgan fingerprint density at radius 2 is 1.70 bits per heavy atom. The van der Waals surface area contributed by atoms with E-state index >= 15 is 0 Å². The highest BCUT2D eigenvalue weighted by molar-refractivity contribution is 6.01. The molecule has 0 fully saturated rings. The highest BCUT2D eigenvalue weighted by Gasteiger charge is 2.25. The lowest BCUT2D eigenvalue weighted by Crippen LogP contribution is -2.41. The molecule has 0 aliphatic rings. The molecule has 0 unspecified atom stereocenters. The SMILES string of the molecule is CCOc1cc(C(=O)NNC(=O)c2ccc(OC(C)C)cc2)c([N+](=O)[O-])cc1OC. The van der Waals surface area contributed by atoms with Crippen LogP contribution in [0.3, 0.4) is 0 Å². The molecule has 0 heterocycles. The Balaban J connectivity index is 2.15. The van der Waals surface area contributed by atoms with E-state index in [4.69, 9.17) is 14.2 Å². The van der Waals surface area contributed by atoms with Crippen molar-refractivity contribution in [2.24, 2.45) is 0 Å². The molecule has 2 aromatic rings. The van der Waals surface area contributed by atoms with Crippen LogP contribution in [0.2, 0.25) is 0 Å². The van der Waals surface area contributed by atoms with Gasteiger partial charge in [-0.3, -0.25) is 30.6 Å². The van der Waals surface area contributed by atoms with Gasteiger partial charge >= 0.3 is 0 Å². The van der Waals surface area contributed by atoms with E-state index in [2.05, 4.69) is 10.9 Å². The van der Waals surface area contributed by atoms with Gasteiger partial charge in [-0.1, -0.05) is 0 Å². The van der Waals surface area contributed by atoms with Crippen molar-refractivity contribution >= 4 is 17.5 Å². The van der Waals surface area contributed by atoms with Gasteiger partial charge in [-0.2, -0.15) is 0 Å². The largest absolute Gasteiger partial charge is 0.493 e. The highest BCUT2D eigenvalue weighted by Crippen LogP contribution is 2.34. The molecular weight excluding hydrogens is 394 g/mol. The number of ether oxygens (including phenoxy) is 3. The van der Waals surface area contributed by atoms with Gasteiger partial charge in [-0.15, -0.1) is 0 Å². The smallest absolute Gasteiger partial charge is 0.286 e. The van der Waals surface area contributed by atoms with Crippen molar-refractivity contribution < 1.29 is 28.7 Å². The van der Waals surface area contributed by atoms with Crippen LogP contribution < -0.4 is 25.1 Å². The first-order valence-electron chi connectivity index (χ1n) is 9.13. The average molecular weight is 417 g/mol. The molecule has 0 saturated carbocycles. The van der Waals surface area contributed by atoms with Crippen molar-refractivity contribution in [3.8, 4) is 17.2 Å². The molecule has 0 aliphatic heterocycles. The topological polar surface area (TPSA) is 129 Å². The third-order valence-electron chi connectivity index (χ3n) is 3.80. The Labute approximate surface area is 173 Å². The summed E-state index contributed by atoms with van der Waals surface area (Å²) >= 11 is 0. The summed E-state index contributed by atoms with van der Waals surface area (Å²) in [6.45, 7) is 5.75. The highest BCUT2D eigenvalue weighted by atomic mass is 16.6. The molecule has 10 heteroatoms. The second-order valence-electron chi connectivity index (χ2n) is 6.31. The minimum atomic E-state index is -0.876. The number of hydrogen-bond acceptors (Lipinski definition) is 7. The maximum Gasteiger partial charge on any atom is 0.286 e. The first-order chi connectivity index (χ1) is 14.3. The van der Waals surface area contributed by atoms with Crippen LogP contribution in [0.5, 0.6) is 17.2 Å². The number of amides is 2. The zero-order valence-electron chi connectivity index (χ0n) is 17.1. The quantitative estimate of drug-likeness (QED) is 0.499. The number of carbonyl (C=O) groups excluding carboxylic acids is 2. The maximum absolute atomic E-state index is 12.5. The summed E-state index contributed by atoms with van der Waals surface area (Å²) in [7, 11) is 1.33. The van der Waals surface area contributed by atoms with E-state index < -0.39 is 22.4 Å². The van der Waals surface area contributed by atoms with Gasteiger partial charge in [0.2, 0.25) is 0 Å². The van der Waals surface area contributed by atoms with E-state index in [0.29, 0.717) is 5.75 Å². The van der Waals surface area contributed by atoms with Crippen LogP contribution in [-0.4, -0.2) is 36.6 Å². The number of benzene rings is 2. The molecule has 2 amide bonds. The Hall–Kier alpha value is -3.82. The predicted octanol–water partition coefficient (Wildman–Crippen LogP) is 2.86. The Kier molecular flexibility index (Phi) is 7.56. The van der Waals surface area contributed by atoms with Crippen LogP contribution in [0.4, 0.5) is 5.69 Å². The lowest BCUT2D eigenvalue weighted by atomic mass is 10.1. The van der Waals surface area contributed by atoms with E-state index in [-0.39, 0.29) is 35.3 Å². The molecule has 10 nitrogen and oxygen atoms in total. The zero-order chi connectivity index (χ0) is 22.3. The fraction of sp³-hybridized carbons (Fsp3) is 0.300. The Morgan fingerprint density at radius 1 is 1.07 bits per heavy atom. The summed E-state index contributed by atoms with van der Waals surface area (Å²) in [4.78, 5) is 35.4. The Morgan fingerprint density at radius 3 is 2.23 bits per heavy atom. The van der Waals surface area contributed by atoms with Crippen molar-refractivity contribution in [1.29, 1.82) is 0 Å². The lowest BCUT2D eigenvalue weighted by molar-refractivity contribution is -0.385.